The van der Waals surface area contributed by atoms with Crippen LogP contribution in [0.3, 0.4) is 0 Å². The van der Waals surface area contributed by atoms with E-state index in [4.69, 9.17) is 9.47 Å². The van der Waals surface area contributed by atoms with E-state index in [0.717, 1.165) is 25.0 Å². The number of hydrogen-bond donors (Lipinski definition) is 0. The van der Waals surface area contributed by atoms with Crippen LogP contribution in [-0.4, -0.2) is 27.4 Å². The van der Waals surface area contributed by atoms with Crippen LogP contribution in [-0.2, 0) is 9.47 Å². The summed E-state index contributed by atoms with van der Waals surface area (Å²) in [4.78, 5) is 0. The monoisotopic (exact) mass is 226 g/mol. The molecule has 2 aliphatic rings. The minimum Gasteiger partial charge on any atom is -0.384 e. The molecule has 0 aromatic rings. The minimum atomic E-state index is 0.330. The van der Waals surface area contributed by atoms with Gasteiger partial charge in [-0.15, -0.1) is 0 Å². The zero-order valence-corrected chi connectivity index (χ0v) is 10.8. The summed E-state index contributed by atoms with van der Waals surface area (Å²) in [5.41, 5.74) is 0.330. The van der Waals surface area contributed by atoms with Crippen LogP contribution in [0.1, 0.15) is 44.9 Å². The van der Waals surface area contributed by atoms with Gasteiger partial charge in [0.25, 0.3) is 0 Å². The number of ether oxygens (including phenoxy) is 2. The molecular formula is C14H26O2. The van der Waals surface area contributed by atoms with Gasteiger partial charge in [-0.25, -0.2) is 0 Å². The van der Waals surface area contributed by atoms with Crippen molar-refractivity contribution < 1.29 is 9.47 Å². The highest BCUT2D eigenvalue weighted by Gasteiger charge is 2.42. The van der Waals surface area contributed by atoms with Gasteiger partial charge < -0.3 is 9.47 Å². The van der Waals surface area contributed by atoms with Crippen molar-refractivity contribution in [3.8, 4) is 0 Å². The maximum absolute atomic E-state index is 5.41. The third-order valence-electron chi connectivity index (χ3n) is 4.71. The summed E-state index contributed by atoms with van der Waals surface area (Å²) in [7, 11) is 3.64. The van der Waals surface area contributed by atoms with Gasteiger partial charge >= 0.3 is 0 Å². The molecule has 0 spiro atoms. The third-order valence-corrected chi connectivity index (χ3v) is 4.71. The van der Waals surface area contributed by atoms with Gasteiger partial charge in [-0.2, -0.15) is 0 Å². The molecule has 0 aromatic heterocycles. The Morgan fingerprint density at radius 3 is 2.12 bits per heavy atom. The molecule has 0 aliphatic heterocycles. The molecule has 2 aliphatic carbocycles. The molecule has 2 nitrogen and oxygen atoms in total. The van der Waals surface area contributed by atoms with Crippen LogP contribution in [0.15, 0.2) is 0 Å². The van der Waals surface area contributed by atoms with Gasteiger partial charge in [0.15, 0.2) is 0 Å². The zero-order valence-electron chi connectivity index (χ0n) is 10.8. The SMILES string of the molecule is COCC1(COC)CCC(C2CCCC2)C1. The van der Waals surface area contributed by atoms with E-state index in [1.54, 1.807) is 0 Å². The van der Waals surface area contributed by atoms with Crippen LogP contribution in [0.4, 0.5) is 0 Å². The lowest BCUT2D eigenvalue weighted by atomic mass is 9.83. The van der Waals surface area contributed by atoms with E-state index in [2.05, 4.69) is 0 Å². The van der Waals surface area contributed by atoms with Crippen molar-refractivity contribution >= 4 is 0 Å². The Balaban J connectivity index is 1.92. The average molecular weight is 226 g/mol. The van der Waals surface area contributed by atoms with Gasteiger partial charge in [-0.3, -0.25) is 0 Å². The van der Waals surface area contributed by atoms with Crippen molar-refractivity contribution in [2.75, 3.05) is 27.4 Å². The van der Waals surface area contributed by atoms with Gasteiger partial charge in [0.1, 0.15) is 0 Å². The molecule has 1 unspecified atom stereocenters. The summed E-state index contributed by atoms with van der Waals surface area (Å²) in [5.74, 6) is 1.96. The average Bonchev–Trinajstić information content (AvgIpc) is 2.87. The molecule has 2 saturated carbocycles. The number of hydrogen-bond acceptors (Lipinski definition) is 2. The van der Waals surface area contributed by atoms with Crippen LogP contribution >= 0.6 is 0 Å². The topological polar surface area (TPSA) is 18.5 Å². The van der Waals surface area contributed by atoms with Crippen molar-refractivity contribution in [2.45, 2.75) is 44.9 Å². The molecule has 1 atom stereocenters. The first-order valence-electron chi connectivity index (χ1n) is 6.77. The van der Waals surface area contributed by atoms with Crippen molar-refractivity contribution in [1.29, 1.82) is 0 Å². The van der Waals surface area contributed by atoms with E-state index in [0.29, 0.717) is 5.41 Å². The van der Waals surface area contributed by atoms with Gasteiger partial charge in [-0.05, 0) is 31.1 Å². The van der Waals surface area contributed by atoms with Crippen LogP contribution < -0.4 is 0 Å². The van der Waals surface area contributed by atoms with Crippen molar-refractivity contribution in [3.05, 3.63) is 0 Å². The lowest BCUT2D eigenvalue weighted by Gasteiger charge is -2.28. The zero-order chi connectivity index (χ0) is 11.4. The van der Waals surface area contributed by atoms with Crippen LogP contribution in [0.25, 0.3) is 0 Å². The molecule has 0 amide bonds. The smallest absolute Gasteiger partial charge is 0.0540 e. The fraction of sp³-hybridized carbons (Fsp3) is 1.00. The first-order valence-corrected chi connectivity index (χ1v) is 6.77. The Hall–Kier alpha value is -0.0800. The number of methoxy groups -OCH3 is 2. The van der Waals surface area contributed by atoms with Gasteiger partial charge in [0, 0.05) is 19.6 Å². The van der Waals surface area contributed by atoms with Gasteiger partial charge in [0.05, 0.1) is 13.2 Å². The molecule has 2 rings (SSSR count). The molecule has 0 radical (unpaired) electrons. The molecule has 94 valence electrons. The lowest BCUT2D eigenvalue weighted by Crippen LogP contribution is -2.29. The third kappa shape index (κ3) is 2.60. The summed E-state index contributed by atoms with van der Waals surface area (Å²) >= 11 is 0. The molecule has 0 bridgehead atoms. The molecule has 0 aromatic carbocycles. The minimum absolute atomic E-state index is 0.330. The molecule has 0 saturated heterocycles. The van der Waals surface area contributed by atoms with E-state index in [1.807, 2.05) is 14.2 Å². The van der Waals surface area contributed by atoms with E-state index >= 15 is 0 Å². The quantitative estimate of drug-likeness (QED) is 0.716. The first-order chi connectivity index (χ1) is 7.79. The van der Waals surface area contributed by atoms with E-state index in [9.17, 15) is 0 Å². The lowest BCUT2D eigenvalue weighted by molar-refractivity contribution is 0.0103. The van der Waals surface area contributed by atoms with Crippen molar-refractivity contribution in [3.63, 3.8) is 0 Å². The van der Waals surface area contributed by atoms with Crippen molar-refractivity contribution in [1.82, 2.24) is 0 Å². The second kappa shape index (κ2) is 5.50. The summed E-state index contributed by atoms with van der Waals surface area (Å²) < 4.78 is 10.8. The van der Waals surface area contributed by atoms with E-state index in [1.165, 1.54) is 44.9 Å². The molecule has 0 N–H and O–H groups in total. The Morgan fingerprint density at radius 2 is 1.56 bits per heavy atom. The normalized spacial score (nSPS) is 30.0. The number of rotatable bonds is 5. The van der Waals surface area contributed by atoms with Crippen LogP contribution in [0.5, 0.6) is 0 Å². The molecule has 16 heavy (non-hydrogen) atoms. The van der Waals surface area contributed by atoms with Gasteiger partial charge in [-0.1, -0.05) is 25.7 Å². The highest BCUT2D eigenvalue weighted by molar-refractivity contribution is 4.92. The predicted octanol–water partition coefficient (Wildman–Crippen LogP) is 3.26. The fourth-order valence-corrected chi connectivity index (χ4v) is 4.00. The summed E-state index contributed by atoms with van der Waals surface area (Å²) in [5, 5.41) is 0. The maximum atomic E-state index is 5.41. The Bertz CT molecular complexity index is 203. The second-order valence-corrected chi connectivity index (χ2v) is 5.91. The maximum Gasteiger partial charge on any atom is 0.0540 e. The second-order valence-electron chi connectivity index (χ2n) is 5.91. The largest absolute Gasteiger partial charge is 0.384 e. The Kier molecular flexibility index (Phi) is 4.26. The summed E-state index contributed by atoms with van der Waals surface area (Å²) in [6.07, 6.45) is 9.90. The standard InChI is InChI=1S/C14H26O2/c1-15-10-14(11-16-2)8-7-13(9-14)12-5-3-4-6-12/h12-13H,3-11H2,1-2H3. The van der Waals surface area contributed by atoms with Gasteiger partial charge in [0.2, 0.25) is 0 Å². The summed E-state index contributed by atoms with van der Waals surface area (Å²) in [6, 6.07) is 0. The van der Waals surface area contributed by atoms with E-state index < -0.39 is 0 Å². The Labute approximate surface area is 99.7 Å². The van der Waals surface area contributed by atoms with E-state index in [-0.39, 0.29) is 0 Å². The predicted molar refractivity (Wildman–Crippen MR) is 65.5 cm³/mol. The molecular weight excluding hydrogens is 200 g/mol. The van der Waals surface area contributed by atoms with Crippen LogP contribution in [0, 0.1) is 17.3 Å². The molecule has 2 heteroatoms. The fourth-order valence-electron chi connectivity index (χ4n) is 4.00. The molecule has 0 heterocycles. The highest BCUT2D eigenvalue weighted by Crippen LogP contribution is 2.48. The summed E-state index contributed by atoms with van der Waals surface area (Å²) in [6.45, 7) is 1.76. The molecule has 2 fully saturated rings. The highest BCUT2D eigenvalue weighted by atomic mass is 16.5. The van der Waals surface area contributed by atoms with Crippen molar-refractivity contribution in [2.24, 2.45) is 17.3 Å². The first kappa shape index (κ1) is 12.4. The Morgan fingerprint density at radius 1 is 0.938 bits per heavy atom. The van der Waals surface area contributed by atoms with Crippen LogP contribution in [0.2, 0.25) is 0 Å².